The molecule has 1 aliphatic rings. The summed E-state index contributed by atoms with van der Waals surface area (Å²) >= 11 is 1.13. The Morgan fingerprint density at radius 1 is 1.04 bits per heavy atom. The number of rotatable bonds is 16. The molecular weight excluding hydrogens is 640 g/mol. The summed E-state index contributed by atoms with van der Waals surface area (Å²) < 4.78 is 10.8. The number of ether oxygens (including phenoxy) is 2. The standard InChI is InChI=1S/C33H38N6O8S/c1-33(2,3)47-30(44)13-29-38-23(18-48-29)31(34)25(41)12-21-22(39-32(21)45)15-37-28(43)10-9-27(42)36-14-20-11-24(40)26(16-35-20)46-17-19-7-5-4-6-8-19/h4-8,11,16,18,21-22,34H,9-10,12-15,17H2,1-3H3,(H,35,40)(H,36,42)(H,37,43)(H,39,45)/t21-,22+/m0/s1. The van der Waals surface area contributed by atoms with E-state index in [1.807, 2.05) is 30.3 Å². The van der Waals surface area contributed by atoms with Crippen LogP contribution in [-0.2, 0) is 48.3 Å². The van der Waals surface area contributed by atoms with Crippen LogP contribution in [0.4, 0.5) is 0 Å². The van der Waals surface area contributed by atoms with Gasteiger partial charge >= 0.3 is 5.97 Å². The molecular formula is C33H38N6O8S. The fourth-order valence-corrected chi connectivity index (χ4v) is 5.40. The summed E-state index contributed by atoms with van der Waals surface area (Å²) in [6.45, 7) is 5.60. The minimum atomic E-state index is -0.737. The lowest BCUT2D eigenvalue weighted by atomic mass is 9.85. The zero-order chi connectivity index (χ0) is 34.8. The molecule has 0 unspecified atom stereocenters. The van der Waals surface area contributed by atoms with E-state index in [2.05, 4.69) is 25.9 Å². The third-order valence-corrected chi connectivity index (χ3v) is 7.95. The number of ketones is 1. The number of aromatic nitrogens is 2. The molecule has 254 valence electrons. The second-order valence-corrected chi connectivity index (χ2v) is 13.1. The van der Waals surface area contributed by atoms with Crippen molar-refractivity contribution in [2.45, 2.75) is 71.2 Å². The molecule has 1 aromatic carbocycles. The fraction of sp³-hybridized carbons (Fsp3) is 0.394. The summed E-state index contributed by atoms with van der Waals surface area (Å²) in [4.78, 5) is 81.1. The first kappa shape index (κ1) is 35.7. The zero-order valence-corrected chi connectivity index (χ0v) is 27.7. The number of carbonyl (C=O) groups excluding carboxylic acids is 5. The number of carbonyl (C=O) groups is 5. The van der Waals surface area contributed by atoms with E-state index in [0.29, 0.717) is 10.7 Å². The molecule has 0 spiro atoms. The SMILES string of the molecule is CC(C)(C)OC(=O)Cc1nc(C(=N)C(=O)C[C@@H]2C(=O)N[C@@H]2CNC(=O)CCC(=O)NCc2cc(=O)c(OCc3ccccc3)c[nH]2)cs1. The second kappa shape index (κ2) is 16.1. The van der Waals surface area contributed by atoms with Crippen LogP contribution < -0.4 is 26.1 Å². The molecule has 1 aliphatic heterocycles. The Morgan fingerprint density at radius 3 is 2.42 bits per heavy atom. The maximum Gasteiger partial charge on any atom is 0.313 e. The Bertz CT molecular complexity index is 1730. The first-order valence-electron chi connectivity index (χ1n) is 15.3. The van der Waals surface area contributed by atoms with Crippen molar-refractivity contribution in [3.05, 3.63) is 80.2 Å². The Labute approximate surface area is 280 Å². The van der Waals surface area contributed by atoms with E-state index in [1.54, 1.807) is 20.8 Å². The number of H-pyrrole nitrogens is 1. The third kappa shape index (κ3) is 10.7. The predicted molar refractivity (Wildman–Crippen MR) is 175 cm³/mol. The van der Waals surface area contributed by atoms with Gasteiger partial charge in [0.25, 0.3) is 0 Å². The normalized spacial score (nSPS) is 15.4. The molecule has 15 heteroatoms. The quantitative estimate of drug-likeness (QED) is 0.0851. The van der Waals surface area contributed by atoms with Crippen LogP contribution in [0.1, 0.15) is 62.0 Å². The number of benzene rings is 1. The van der Waals surface area contributed by atoms with Crippen LogP contribution in [0.25, 0.3) is 0 Å². The van der Waals surface area contributed by atoms with Gasteiger partial charge in [0.2, 0.25) is 23.2 Å². The molecule has 2 atom stereocenters. The Hall–Kier alpha value is -5.18. The molecule has 0 aliphatic carbocycles. The van der Waals surface area contributed by atoms with Crippen LogP contribution in [0.5, 0.6) is 5.75 Å². The lowest BCUT2D eigenvalue weighted by Gasteiger charge is -2.36. The Morgan fingerprint density at radius 2 is 1.75 bits per heavy atom. The van der Waals surface area contributed by atoms with Crippen molar-refractivity contribution in [3.63, 3.8) is 0 Å². The number of thiazole rings is 1. The number of Topliss-reactive ketones (excluding diaryl/α,β-unsaturated/α-hetero) is 1. The summed E-state index contributed by atoms with van der Waals surface area (Å²) in [5.41, 5.74) is 0.151. The van der Waals surface area contributed by atoms with E-state index < -0.39 is 41.1 Å². The number of pyridine rings is 1. The van der Waals surface area contributed by atoms with E-state index >= 15 is 0 Å². The Kier molecular flexibility index (Phi) is 12.0. The molecule has 3 amide bonds. The lowest BCUT2D eigenvalue weighted by Crippen LogP contribution is -2.62. The number of β-lactam (4-membered cyclic amide) rings is 1. The van der Waals surface area contributed by atoms with Crippen molar-refractivity contribution in [1.82, 2.24) is 25.9 Å². The first-order chi connectivity index (χ1) is 22.8. The lowest BCUT2D eigenvalue weighted by molar-refractivity contribution is -0.154. The monoisotopic (exact) mass is 678 g/mol. The van der Waals surface area contributed by atoms with Gasteiger partial charge in [0.15, 0.2) is 11.5 Å². The smallest absolute Gasteiger partial charge is 0.313 e. The number of nitrogens with one attached hydrogen (secondary N) is 5. The van der Waals surface area contributed by atoms with Gasteiger partial charge in [0.1, 0.15) is 28.6 Å². The van der Waals surface area contributed by atoms with Gasteiger partial charge in [-0.1, -0.05) is 30.3 Å². The van der Waals surface area contributed by atoms with E-state index in [-0.39, 0.29) is 73.9 Å². The van der Waals surface area contributed by atoms with E-state index in [0.717, 1.165) is 16.9 Å². The highest BCUT2D eigenvalue weighted by atomic mass is 32.1. The van der Waals surface area contributed by atoms with Crippen molar-refractivity contribution >= 4 is 46.5 Å². The largest absolute Gasteiger partial charge is 0.483 e. The van der Waals surface area contributed by atoms with Gasteiger partial charge in [0, 0.05) is 49.1 Å². The molecule has 48 heavy (non-hydrogen) atoms. The minimum Gasteiger partial charge on any atom is -0.483 e. The zero-order valence-electron chi connectivity index (χ0n) is 26.8. The Balaban J connectivity index is 1.14. The van der Waals surface area contributed by atoms with Crippen LogP contribution in [0, 0.1) is 11.3 Å². The molecule has 3 heterocycles. The van der Waals surface area contributed by atoms with Crippen LogP contribution in [0.3, 0.4) is 0 Å². The number of amides is 3. The summed E-state index contributed by atoms with van der Waals surface area (Å²) in [6, 6.07) is 10.2. The first-order valence-corrected chi connectivity index (χ1v) is 16.2. The molecule has 0 saturated carbocycles. The maximum atomic E-state index is 12.8. The summed E-state index contributed by atoms with van der Waals surface area (Å²) in [5.74, 6) is -2.83. The van der Waals surface area contributed by atoms with Gasteiger partial charge in [-0.25, -0.2) is 4.98 Å². The van der Waals surface area contributed by atoms with E-state index in [1.165, 1.54) is 17.6 Å². The number of hydrogen-bond donors (Lipinski definition) is 5. The second-order valence-electron chi connectivity index (χ2n) is 12.2. The molecule has 14 nitrogen and oxygen atoms in total. The summed E-state index contributed by atoms with van der Waals surface area (Å²) in [7, 11) is 0. The van der Waals surface area contributed by atoms with Gasteiger partial charge in [-0.05, 0) is 26.3 Å². The maximum absolute atomic E-state index is 12.8. The number of esters is 1. The predicted octanol–water partition coefficient (Wildman–Crippen LogP) is 1.95. The highest BCUT2D eigenvalue weighted by molar-refractivity contribution is 7.10. The van der Waals surface area contributed by atoms with E-state index in [9.17, 15) is 28.8 Å². The molecule has 1 saturated heterocycles. The van der Waals surface area contributed by atoms with Gasteiger partial charge in [-0.3, -0.25) is 34.2 Å². The van der Waals surface area contributed by atoms with Crippen molar-refractivity contribution in [3.8, 4) is 5.75 Å². The van der Waals surface area contributed by atoms with Crippen molar-refractivity contribution in [1.29, 1.82) is 5.41 Å². The van der Waals surface area contributed by atoms with Crippen molar-refractivity contribution in [2.75, 3.05) is 6.54 Å². The summed E-state index contributed by atoms with van der Waals surface area (Å²) in [5, 5.41) is 18.1. The average Bonchev–Trinajstić information content (AvgIpc) is 3.50. The molecule has 5 N–H and O–H groups in total. The molecule has 0 radical (unpaired) electrons. The number of aromatic amines is 1. The van der Waals surface area contributed by atoms with Crippen molar-refractivity contribution in [2.24, 2.45) is 5.92 Å². The molecule has 1 fully saturated rings. The van der Waals surface area contributed by atoms with E-state index in [4.69, 9.17) is 14.9 Å². The topological polar surface area (TPSA) is 209 Å². The van der Waals surface area contributed by atoms with Gasteiger partial charge in [0.05, 0.1) is 24.9 Å². The molecule has 3 aromatic rings. The average molecular weight is 679 g/mol. The highest BCUT2D eigenvalue weighted by Crippen LogP contribution is 2.21. The van der Waals surface area contributed by atoms with Crippen LogP contribution in [-0.4, -0.2) is 63.3 Å². The van der Waals surface area contributed by atoms with Gasteiger partial charge < -0.3 is 30.4 Å². The molecule has 4 rings (SSSR count). The number of hydrogen-bond acceptors (Lipinski definition) is 11. The van der Waals surface area contributed by atoms with Crippen LogP contribution >= 0.6 is 11.3 Å². The van der Waals surface area contributed by atoms with Gasteiger partial charge in [-0.2, -0.15) is 0 Å². The fourth-order valence-electron chi connectivity index (χ4n) is 4.63. The molecule has 2 aromatic heterocycles. The van der Waals surface area contributed by atoms with Gasteiger partial charge in [-0.15, -0.1) is 11.3 Å². The summed E-state index contributed by atoms with van der Waals surface area (Å²) in [6.07, 6.45) is 0.896. The number of nitrogens with zero attached hydrogens (tertiary/aromatic N) is 1. The minimum absolute atomic E-state index is 0.0497. The van der Waals surface area contributed by atoms with Crippen LogP contribution in [0.15, 0.2) is 52.8 Å². The third-order valence-electron chi connectivity index (χ3n) is 7.11. The molecule has 0 bridgehead atoms. The van der Waals surface area contributed by atoms with Crippen molar-refractivity contribution < 1.29 is 33.4 Å². The highest BCUT2D eigenvalue weighted by Gasteiger charge is 2.41. The van der Waals surface area contributed by atoms with Crippen LogP contribution in [0.2, 0.25) is 0 Å².